The van der Waals surface area contributed by atoms with Crippen LogP contribution in [-0.2, 0) is 19.3 Å². The zero-order valence-electron chi connectivity index (χ0n) is 39.6. The normalized spacial score (nSPS) is 17.6. The molecule has 10 rings (SSSR count). The van der Waals surface area contributed by atoms with Gasteiger partial charge in [-0.3, -0.25) is 4.79 Å². The molecular weight excluding hydrogens is 864 g/mol. The van der Waals surface area contributed by atoms with Crippen molar-refractivity contribution in [2.24, 2.45) is 11.8 Å². The maximum atomic E-state index is 14.6. The molecule has 2 saturated heterocycles. The first kappa shape index (κ1) is 46.7. The Kier molecular flexibility index (Phi) is 14.8. The van der Waals surface area contributed by atoms with Crippen LogP contribution in [0.3, 0.4) is 0 Å². The molecule has 2 unspecified atom stereocenters. The van der Waals surface area contributed by atoms with Gasteiger partial charge in [0.2, 0.25) is 5.78 Å². The maximum Gasteiger partial charge on any atom is 0.203 e. The van der Waals surface area contributed by atoms with E-state index in [1.807, 2.05) is 37.3 Å². The van der Waals surface area contributed by atoms with E-state index in [4.69, 9.17) is 4.74 Å². The first-order valence-electron chi connectivity index (χ1n) is 24.2. The lowest BCUT2D eigenvalue weighted by atomic mass is 9.96. The molecular formula is C60H63FN2O2S2. The highest BCUT2D eigenvalue weighted by Crippen LogP contribution is 2.47. The number of ketones is 1. The molecule has 3 aliphatic rings. The number of ether oxygens (including phenoxy) is 1. The number of carbonyl (C=O) groups excluding carboxylic acids is 1. The van der Waals surface area contributed by atoms with Crippen LogP contribution in [0.4, 0.5) is 4.39 Å². The van der Waals surface area contributed by atoms with Crippen molar-refractivity contribution >= 4 is 54.2 Å². The molecule has 67 heavy (non-hydrogen) atoms. The molecule has 344 valence electrons. The van der Waals surface area contributed by atoms with Crippen molar-refractivity contribution in [2.45, 2.75) is 72.6 Å². The fourth-order valence-corrected chi connectivity index (χ4v) is 12.3. The molecule has 4 nitrogen and oxygen atoms in total. The second-order valence-corrected chi connectivity index (χ2v) is 21.3. The van der Waals surface area contributed by atoms with Gasteiger partial charge in [0.15, 0.2) is 5.75 Å². The van der Waals surface area contributed by atoms with Gasteiger partial charge in [-0.25, -0.2) is 4.39 Å². The van der Waals surface area contributed by atoms with Gasteiger partial charge in [-0.1, -0.05) is 111 Å². The molecule has 4 heterocycles. The van der Waals surface area contributed by atoms with Crippen molar-refractivity contribution in [3.8, 4) is 11.5 Å². The number of carbonyl (C=O) groups is 1. The van der Waals surface area contributed by atoms with E-state index in [0.717, 1.165) is 104 Å². The first-order chi connectivity index (χ1) is 32.6. The van der Waals surface area contributed by atoms with E-state index in [1.54, 1.807) is 28.7 Å². The number of benzene rings is 5. The highest BCUT2D eigenvalue weighted by Gasteiger charge is 2.24. The van der Waals surface area contributed by atoms with Crippen molar-refractivity contribution in [1.29, 1.82) is 0 Å². The zero-order chi connectivity index (χ0) is 46.4. The number of hydrogen-bond acceptors (Lipinski definition) is 6. The van der Waals surface area contributed by atoms with Gasteiger partial charge in [0.1, 0.15) is 11.6 Å². The predicted octanol–water partition coefficient (Wildman–Crippen LogP) is 15.4. The number of halogens is 1. The molecule has 7 heteroatoms. The average Bonchev–Trinajstić information content (AvgIpc) is 4.14. The van der Waals surface area contributed by atoms with Crippen LogP contribution in [0.5, 0.6) is 11.5 Å². The third-order valence-electron chi connectivity index (χ3n) is 13.8. The van der Waals surface area contributed by atoms with Crippen LogP contribution in [0.1, 0.15) is 93.0 Å². The Bertz CT molecular complexity index is 2940. The Hall–Kier alpha value is -5.44. The van der Waals surface area contributed by atoms with E-state index in [-0.39, 0.29) is 11.6 Å². The van der Waals surface area contributed by atoms with Crippen molar-refractivity contribution < 1.29 is 13.9 Å². The monoisotopic (exact) mass is 926 g/mol. The van der Waals surface area contributed by atoms with Gasteiger partial charge >= 0.3 is 0 Å². The lowest BCUT2D eigenvalue weighted by molar-refractivity contribution is 0.104. The molecule has 0 bridgehead atoms. The molecule has 1 aliphatic carbocycles. The van der Waals surface area contributed by atoms with Gasteiger partial charge in [-0.2, -0.15) is 0 Å². The first-order valence-corrected chi connectivity index (χ1v) is 25.9. The summed E-state index contributed by atoms with van der Waals surface area (Å²) in [4.78, 5) is 20.5. The van der Waals surface area contributed by atoms with Crippen molar-refractivity contribution in [1.82, 2.24) is 9.80 Å². The lowest BCUT2D eigenvalue weighted by Gasteiger charge is -2.16. The molecule has 0 N–H and O–H groups in total. The highest BCUT2D eigenvalue weighted by molar-refractivity contribution is 7.21. The quantitative estimate of drug-likeness (QED) is 0.102. The van der Waals surface area contributed by atoms with Crippen LogP contribution in [0.15, 0.2) is 145 Å². The summed E-state index contributed by atoms with van der Waals surface area (Å²) in [6.07, 6.45) is 10.5. The topological polar surface area (TPSA) is 32.8 Å². The van der Waals surface area contributed by atoms with Crippen molar-refractivity contribution in [2.75, 3.05) is 39.3 Å². The standard InChI is InChI=1S/C30H32FNOS.C30H31NOS/c1-20-8-13-26-28(18-20)34-30(22(3)25-6-4-5-7-27(25)31)29(26)33-24-11-9-23(10-12-24)15-17-32-16-14-21(2)19-32;1-21-15-17-31(20-21)18-16-23-11-13-24(14-12-23)19-27-26-9-5-6-10-28(26)33-30(27)29(32)25-8-4-3-7-22(25)2/h5,7-13,18,21H,3-4,6,14-17,19H2,1-2H3;3-14,21H,15-20H2,1-2H3. The van der Waals surface area contributed by atoms with E-state index in [0.29, 0.717) is 12.0 Å². The second kappa shape index (κ2) is 21.2. The third kappa shape index (κ3) is 11.1. The minimum absolute atomic E-state index is 0.140. The number of thiophene rings is 2. The van der Waals surface area contributed by atoms with E-state index >= 15 is 0 Å². The van der Waals surface area contributed by atoms with Crippen LogP contribution in [-0.4, -0.2) is 54.9 Å². The Morgan fingerprint density at radius 1 is 0.731 bits per heavy atom. The average molecular weight is 927 g/mol. The molecule has 0 radical (unpaired) electrons. The molecule has 2 aliphatic heterocycles. The van der Waals surface area contributed by atoms with Gasteiger partial charge in [-0.05, 0) is 170 Å². The number of likely N-dealkylation sites (tertiary alicyclic amines) is 2. The number of rotatable bonds is 14. The number of allylic oxidation sites excluding steroid dienone is 5. The van der Waals surface area contributed by atoms with E-state index in [1.165, 1.54) is 71.4 Å². The summed E-state index contributed by atoms with van der Waals surface area (Å²) in [6, 6.07) is 40.1. The Morgan fingerprint density at radius 2 is 1.36 bits per heavy atom. The summed E-state index contributed by atoms with van der Waals surface area (Å²) in [5, 5.41) is 2.25. The summed E-state index contributed by atoms with van der Waals surface area (Å²) in [6.45, 7) is 20.2. The number of fused-ring (bicyclic) bond motifs is 2. The van der Waals surface area contributed by atoms with Crippen molar-refractivity contribution in [3.63, 3.8) is 0 Å². The fraction of sp³-hybridized carbons (Fsp3) is 0.317. The highest BCUT2D eigenvalue weighted by atomic mass is 32.1. The van der Waals surface area contributed by atoms with Gasteiger partial charge < -0.3 is 14.5 Å². The fourth-order valence-electron chi connectivity index (χ4n) is 9.86. The molecule has 2 atom stereocenters. The minimum atomic E-state index is -0.187. The molecule has 7 aromatic rings. The SMILES string of the molecule is C=C(C1=C(F)C=CCC1)c1sc2cc(C)ccc2c1Oc1ccc(CCN2CCC(C)C2)cc1.Cc1ccccc1C(=O)c1sc2ccccc2c1Cc1ccc(CCN2CCC(C)C2)cc1. The van der Waals surface area contributed by atoms with Crippen LogP contribution >= 0.6 is 22.7 Å². The summed E-state index contributed by atoms with van der Waals surface area (Å²) >= 11 is 3.26. The van der Waals surface area contributed by atoms with Crippen LogP contribution < -0.4 is 4.74 Å². The Morgan fingerprint density at radius 3 is 2.01 bits per heavy atom. The molecule has 0 amide bonds. The van der Waals surface area contributed by atoms with Gasteiger partial charge in [0, 0.05) is 46.5 Å². The molecule has 2 fully saturated rings. The maximum absolute atomic E-state index is 14.6. The number of nitrogens with zero attached hydrogens (tertiary/aromatic N) is 2. The third-order valence-corrected chi connectivity index (χ3v) is 16.2. The van der Waals surface area contributed by atoms with E-state index < -0.39 is 0 Å². The summed E-state index contributed by atoms with van der Waals surface area (Å²) in [5.74, 6) is 3.18. The molecule has 5 aromatic carbocycles. The van der Waals surface area contributed by atoms with E-state index in [2.05, 4.69) is 128 Å². The Balaban J connectivity index is 0.000000168. The number of aryl methyl sites for hydroxylation is 2. The number of hydrogen-bond donors (Lipinski definition) is 0. The van der Waals surface area contributed by atoms with Crippen molar-refractivity contribution in [3.05, 3.63) is 194 Å². The summed E-state index contributed by atoms with van der Waals surface area (Å²) in [5.41, 5.74) is 9.57. The van der Waals surface area contributed by atoms with Gasteiger partial charge in [0.05, 0.1) is 9.75 Å². The van der Waals surface area contributed by atoms with Crippen LogP contribution in [0.25, 0.3) is 25.7 Å². The lowest BCUT2D eigenvalue weighted by Crippen LogP contribution is -2.22. The molecule has 0 saturated carbocycles. The summed E-state index contributed by atoms with van der Waals surface area (Å²) in [7, 11) is 0. The van der Waals surface area contributed by atoms with Crippen LogP contribution in [0.2, 0.25) is 0 Å². The molecule has 0 spiro atoms. The second-order valence-electron chi connectivity index (χ2n) is 19.2. The van der Waals surface area contributed by atoms with E-state index in [9.17, 15) is 9.18 Å². The van der Waals surface area contributed by atoms with Gasteiger partial charge in [-0.15, -0.1) is 22.7 Å². The van der Waals surface area contributed by atoms with Gasteiger partial charge in [0.25, 0.3) is 0 Å². The summed E-state index contributed by atoms with van der Waals surface area (Å²) < 4.78 is 23.4. The predicted molar refractivity (Wildman–Crippen MR) is 282 cm³/mol. The van der Waals surface area contributed by atoms with Crippen LogP contribution in [0, 0.1) is 25.7 Å². The smallest absolute Gasteiger partial charge is 0.203 e. The largest absolute Gasteiger partial charge is 0.455 e. The minimum Gasteiger partial charge on any atom is -0.455 e. The Labute approximate surface area is 405 Å². The zero-order valence-corrected chi connectivity index (χ0v) is 41.2. The molecule has 2 aromatic heterocycles.